The van der Waals surface area contributed by atoms with E-state index >= 15 is 0 Å². The molecular formula is C14H22N2O4S. The molecule has 0 aliphatic heterocycles. The molecule has 1 aromatic carbocycles. The first-order valence-electron chi connectivity index (χ1n) is 6.70. The number of esters is 1. The third kappa shape index (κ3) is 5.02. The van der Waals surface area contributed by atoms with Crippen LogP contribution < -0.4 is 5.73 Å². The molecule has 118 valence electrons. The Balaban J connectivity index is 3.02. The van der Waals surface area contributed by atoms with Crippen LogP contribution in [0.1, 0.15) is 20.3 Å². The molecule has 0 saturated carbocycles. The van der Waals surface area contributed by atoms with Gasteiger partial charge in [-0.15, -0.1) is 0 Å². The van der Waals surface area contributed by atoms with Gasteiger partial charge in [-0.05, 0) is 24.1 Å². The van der Waals surface area contributed by atoms with Gasteiger partial charge in [0.25, 0.3) is 0 Å². The molecule has 0 bridgehead atoms. The van der Waals surface area contributed by atoms with Crippen LogP contribution in [-0.2, 0) is 19.6 Å². The molecule has 0 amide bonds. The van der Waals surface area contributed by atoms with Gasteiger partial charge in [0.2, 0.25) is 10.0 Å². The molecule has 0 saturated heterocycles. The molecule has 0 unspecified atom stereocenters. The summed E-state index contributed by atoms with van der Waals surface area (Å²) in [5.41, 5.74) is 6.03. The smallest absolute Gasteiger partial charge is 0.306 e. The summed E-state index contributed by atoms with van der Waals surface area (Å²) in [4.78, 5) is 11.4. The van der Waals surface area contributed by atoms with Crippen LogP contribution in [0.3, 0.4) is 0 Å². The summed E-state index contributed by atoms with van der Waals surface area (Å²) in [6.45, 7) is 4.25. The predicted molar refractivity (Wildman–Crippen MR) is 81.1 cm³/mol. The molecule has 6 nitrogen and oxygen atoms in total. The number of nitrogens with zero attached hydrogens (tertiary/aromatic N) is 1. The van der Waals surface area contributed by atoms with Gasteiger partial charge < -0.3 is 10.5 Å². The highest BCUT2D eigenvalue weighted by Gasteiger charge is 2.25. The molecule has 1 rings (SSSR count). The minimum atomic E-state index is -3.68. The summed E-state index contributed by atoms with van der Waals surface area (Å²) in [6, 6.07) is 6.13. The molecular weight excluding hydrogens is 292 g/mol. The minimum absolute atomic E-state index is 0.0186. The largest absolute Gasteiger partial charge is 0.469 e. The Labute approximate surface area is 125 Å². The zero-order chi connectivity index (χ0) is 16.0. The van der Waals surface area contributed by atoms with Crippen LogP contribution in [0.25, 0.3) is 0 Å². The summed E-state index contributed by atoms with van der Waals surface area (Å²) < 4.78 is 31.1. The van der Waals surface area contributed by atoms with Crippen LogP contribution in [0, 0.1) is 5.92 Å². The third-order valence-electron chi connectivity index (χ3n) is 2.86. The number of hydrogen-bond donors (Lipinski definition) is 1. The van der Waals surface area contributed by atoms with E-state index in [1.54, 1.807) is 12.1 Å². The molecule has 21 heavy (non-hydrogen) atoms. The van der Waals surface area contributed by atoms with Gasteiger partial charge in [0.15, 0.2) is 0 Å². The second-order valence-corrected chi connectivity index (χ2v) is 7.09. The third-order valence-corrected chi connectivity index (χ3v) is 4.72. The Kier molecular flexibility index (Phi) is 6.17. The molecule has 0 atom stereocenters. The zero-order valence-electron chi connectivity index (χ0n) is 12.6. The van der Waals surface area contributed by atoms with Gasteiger partial charge in [0.1, 0.15) is 0 Å². The Morgan fingerprint density at radius 1 is 1.38 bits per heavy atom. The quantitative estimate of drug-likeness (QED) is 0.608. The van der Waals surface area contributed by atoms with Crippen molar-refractivity contribution >= 4 is 21.7 Å². The fraction of sp³-hybridized carbons (Fsp3) is 0.500. The second kappa shape index (κ2) is 7.42. The number of ether oxygens (including phenoxy) is 1. The van der Waals surface area contributed by atoms with E-state index in [1.807, 2.05) is 13.8 Å². The molecule has 1 aromatic rings. The first-order valence-corrected chi connectivity index (χ1v) is 8.14. The van der Waals surface area contributed by atoms with Crippen LogP contribution in [-0.4, -0.2) is 38.9 Å². The lowest BCUT2D eigenvalue weighted by Crippen LogP contribution is -2.36. The molecule has 0 aliphatic carbocycles. The van der Waals surface area contributed by atoms with Crippen LogP contribution in [0.5, 0.6) is 0 Å². The van der Waals surface area contributed by atoms with Crippen LogP contribution >= 0.6 is 0 Å². The average molecular weight is 314 g/mol. The van der Waals surface area contributed by atoms with Crippen molar-refractivity contribution in [3.05, 3.63) is 24.3 Å². The fourth-order valence-corrected chi connectivity index (χ4v) is 3.52. The first-order chi connectivity index (χ1) is 9.77. The normalized spacial score (nSPS) is 11.9. The maximum Gasteiger partial charge on any atom is 0.306 e. The molecule has 0 aromatic heterocycles. The van der Waals surface area contributed by atoms with Crippen molar-refractivity contribution in [2.75, 3.05) is 25.9 Å². The average Bonchev–Trinajstić information content (AvgIpc) is 2.42. The molecule has 0 radical (unpaired) electrons. The Hall–Kier alpha value is -1.60. The summed E-state index contributed by atoms with van der Waals surface area (Å²) in [7, 11) is -2.40. The lowest BCUT2D eigenvalue weighted by molar-refractivity contribution is -0.140. The number of anilines is 1. The predicted octanol–water partition coefficient (Wildman–Crippen LogP) is 1.48. The summed E-state index contributed by atoms with van der Waals surface area (Å²) in [6.07, 6.45) is 0.0186. The standard InChI is InChI=1S/C14H22N2O4S/c1-11(2)10-16(8-7-14(17)20-3)21(18,19)13-6-4-5-12(15)9-13/h4-6,9,11H,7-8,10,15H2,1-3H3. The second-order valence-electron chi connectivity index (χ2n) is 5.16. The number of nitrogens with two attached hydrogens (primary N) is 1. The SMILES string of the molecule is COC(=O)CCN(CC(C)C)S(=O)(=O)c1cccc(N)c1. The topological polar surface area (TPSA) is 89.7 Å². The molecule has 0 aliphatic rings. The molecule has 0 spiro atoms. The van der Waals surface area contributed by atoms with E-state index in [9.17, 15) is 13.2 Å². The number of carbonyl (C=O) groups is 1. The highest BCUT2D eigenvalue weighted by Crippen LogP contribution is 2.19. The maximum absolute atomic E-state index is 12.6. The van der Waals surface area contributed by atoms with Crippen LogP contribution in [0.15, 0.2) is 29.2 Å². The van der Waals surface area contributed by atoms with Crippen molar-refractivity contribution < 1.29 is 17.9 Å². The molecule has 0 heterocycles. The summed E-state index contributed by atoms with van der Waals surface area (Å²) >= 11 is 0. The Morgan fingerprint density at radius 3 is 2.57 bits per heavy atom. The van der Waals surface area contributed by atoms with Crippen molar-refractivity contribution in [2.45, 2.75) is 25.2 Å². The van der Waals surface area contributed by atoms with E-state index in [4.69, 9.17) is 5.73 Å². The zero-order valence-corrected chi connectivity index (χ0v) is 13.4. The lowest BCUT2D eigenvalue weighted by atomic mass is 10.2. The number of sulfonamides is 1. The highest BCUT2D eigenvalue weighted by molar-refractivity contribution is 7.89. The minimum Gasteiger partial charge on any atom is -0.469 e. The van der Waals surface area contributed by atoms with Crippen molar-refractivity contribution in [2.24, 2.45) is 5.92 Å². The number of hydrogen-bond acceptors (Lipinski definition) is 5. The van der Waals surface area contributed by atoms with E-state index in [2.05, 4.69) is 4.74 Å². The van der Waals surface area contributed by atoms with Crippen LogP contribution in [0.4, 0.5) is 5.69 Å². The van der Waals surface area contributed by atoms with E-state index in [1.165, 1.54) is 23.5 Å². The van der Waals surface area contributed by atoms with Gasteiger partial charge >= 0.3 is 5.97 Å². The Morgan fingerprint density at radius 2 is 2.05 bits per heavy atom. The van der Waals surface area contributed by atoms with Crippen molar-refractivity contribution in [1.29, 1.82) is 0 Å². The summed E-state index contributed by atoms with van der Waals surface area (Å²) in [5, 5.41) is 0. The lowest BCUT2D eigenvalue weighted by Gasteiger charge is -2.23. The van der Waals surface area contributed by atoms with Gasteiger partial charge in [-0.2, -0.15) is 4.31 Å². The van der Waals surface area contributed by atoms with Gasteiger partial charge in [-0.1, -0.05) is 19.9 Å². The fourth-order valence-electron chi connectivity index (χ4n) is 1.86. The van der Waals surface area contributed by atoms with Gasteiger partial charge in [0, 0.05) is 18.8 Å². The van der Waals surface area contributed by atoms with Gasteiger partial charge in [-0.3, -0.25) is 4.79 Å². The van der Waals surface area contributed by atoms with Crippen molar-refractivity contribution in [3.63, 3.8) is 0 Å². The summed E-state index contributed by atoms with van der Waals surface area (Å²) in [5.74, 6) is -0.301. The van der Waals surface area contributed by atoms with Crippen molar-refractivity contribution in [3.8, 4) is 0 Å². The van der Waals surface area contributed by atoms with Gasteiger partial charge in [0.05, 0.1) is 18.4 Å². The monoisotopic (exact) mass is 314 g/mol. The number of methoxy groups -OCH3 is 1. The number of benzene rings is 1. The number of rotatable bonds is 7. The maximum atomic E-state index is 12.6. The molecule has 0 fully saturated rings. The first kappa shape index (κ1) is 17.5. The Bertz CT molecular complexity index is 584. The molecule has 7 heteroatoms. The number of carbonyl (C=O) groups excluding carboxylic acids is 1. The highest BCUT2D eigenvalue weighted by atomic mass is 32.2. The van der Waals surface area contributed by atoms with E-state index in [0.29, 0.717) is 12.2 Å². The van der Waals surface area contributed by atoms with E-state index < -0.39 is 16.0 Å². The van der Waals surface area contributed by atoms with Crippen molar-refractivity contribution in [1.82, 2.24) is 4.31 Å². The van der Waals surface area contributed by atoms with E-state index in [-0.39, 0.29) is 23.8 Å². The van der Waals surface area contributed by atoms with Gasteiger partial charge in [-0.25, -0.2) is 8.42 Å². The number of nitrogen functional groups attached to an aromatic ring is 1. The van der Waals surface area contributed by atoms with E-state index in [0.717, 1.165) is 0 Å². The molecule has 2 N–H and O–H groups in total. The van der Waals surface area contributed by atoms with Crippen LogP contribution in [0.2, 0.25) is 0 Å².